The number of pyridine rings is 1. The second kappa shape index (κ2) is 8.08. The number of fused-ring (bicyclic) bond motifs is 3. The van der Waals surface area contributed by atoms with Crippen molar-refractivity contribution in [2.45, 2.75) is 6.42 Å². The number of nitrogens with zero attached hydrogens (tertiary/aromatic N) is 3. The van der Waals surface area contributed by atoms with Gasteiger partial charge >= 0.3 is 0 Å². The molecule has 2 aromatic heterocycles. The molecule has 0 spiro atoms. The number of aromatic nitrogens is 3. The summed E-state index contributed by atoms with van der Waals surface area (Å²) in [6, 6.07) is 27.9. The summed E-state index contributed by atoms with van der Waals surface area (Å²) in [6.07, 6.45) is 2.07. The number of nitrogens with one attached hydrogen (secondary N) is 1. The Bertz CT molecular complexity index is 1540. The van der Waals surface area contributed by atoms with Gasteiger partial charge in [0.25, 0.3) is 11.8 Å². The van der Waals surface area contributed by atoms with Crippen LogP contribution in [0.1, 0.15) is 26.3 Å². The van der Waals surface area contributed by atoms with Crippen LogP contribution in [0.2, 0.25) is 0 Å². The molecule has 5 aromatic rings. The predicted molar refractivity (Wildman–Crippen MR) is 130 cm³/mol. The number of hydrogen-bond donors (Lipinski definition) is 1. The number of amides is 2. The van der Waals surface area contributed by atoms with Gasteiger partial charge in [0.1, 0.15) is 5.69 Å². The molecule has 0 aliphatic carbocycles. The van der Waals surface area contributed by atoms with E-state index in [1.807, 2.05) is 84.9 Å². The van der Waals surface area contributed by atoms with Gasteiger partial charge in [-0.1, -0.05) is 78.9 Å². The number of aromatic amines is 1. The van der Waals surface area contributed by atoms with E-state index in [1.165, 1.54) is 11.1 Å². The van der Waals surface area contributed by atoms with Crippen LogP contribution in [0, 0.1) is 0 Å². The van der Waals surface area contributed by atoms with Gasteiger partial charge in [0.2, 0.25) is 0 Å². The lowest BCUT2D eigenvalue weighted by Gasteiger charge is -2.13. The van der Waals surface area contributed by atoms with Gasteiger partial charge in [-0.15, -0.1) is 0 Å². The van der Waals surface area contributed by atoms with E-state index in [9.17, 15) is 9.59 Å². The normalized spacial score (nSPS) is 13.0. The van der Waals surface area contributed by atoms with E-state index in [0.717, 1.165) is 22.3 Å². The summed E-state index contributed by atoms with van der Waals surface area (Å²) < 4.78 is 0. The van der Waals surface area contributed by atoms with Crippen molar-refractivity contribution in [2.75, 3.05) is 6.54 Å². The summed E-state index contributed by atoms with van der Waals surface area (Å²) in [5.74, 6) is -0.610. The van der Waals surface area contributed by atoms with Crippen molar-refractivity contribution < 1.29 is 9.59 Å². The summed E-state index contributed by atoms with van der Waals surface area (Å²) in [5, 5.41) is 8.01. The SMILES string of the molecule is O=C1c2cnc3[nH]nc(-c4cccc(-c5ccccc5)c4)c3c2C(=O)N1CCc1ccccc1. The van der Waals surface area contributed by atoms with Crippen LogP contribution < -0.4 is 0 Å². The number of H-pyrrole nitrogens is 1. The van der Waals surface area contributed by atoms with E-state index in [0.29, 0.717) is 40.8 Å². The van der Waals surface area contributed by atoms with Crippen molar-refractivity contribution >= 4 is 22.8 Å². The molecule has 34 heavy (non-hydrogen) atoms. The Morgan fingerprint density at radius 1 is 0.765 bits per heavy atom. The lowest BCUT2D eigenvalue weighted by atomic mass is 9.99. The highest BCUT2D eigenvalue weighted by Crippen LogP contribution is 2.35. The summed E-state index contributed by atoms with van der Waals surface area (Å²) in [7, 11) is 0. The van der Waals surface area contributed by atoms with Crippen molar-refractivity contribution in [2.24, 2.45) is 0 Å². The quantitative estimate of drug-likeness (QED) is 0.381. The molecule has 0 bridgehead atoms. The Morgan fingerprint density at radius 3 is 2.26 bits per heavy atom. The molecule has 6 rings (SSSR count). The van der Waals surface area contributed by atoms with Crippen LogP contribution in [0.5, 0.6) is 0 Å². The average molecular weight is 444 g/mol. The predicted octanol–water partition coefficient (Wildman–Crippen LogP) is 5.13. The molecule has 1 aliphatic rings. The molecular weight excluding hydrogens is 424 g/mol. The first kappa shape index (κ1) is 20.1. The zero-order valence-electron chi connectivity index (χ0n) is 18.2. The molecule has 6 nitrogen and oxygen atoms in total. The largest absolute Gasteiger partial charge is 0.274 e. The maximum absolute atomic E-state index is 13.4. The first-order chi connectivity index (χ1) is 16.7. The fraction of sp³-hybridized carbons (Fsp3) is 0.0714. The van der Waals surface area contributed by atoms with Gasteiger partial charge < -0.3 is 0 Å². The van der Waals surface area contributed by atoms with Gasteiger partial charge in [0, 0.05) is 18.3 Å². The monoisotopic (exact) mass is 444 g/mol. The van der Waals surface area contributed by atoms with E-state index in [2.05, 4.69) is 15.2 Å². The highest BCUT2D eigenvalue weighted by molar-refractivity contribution is 6.27. The molecule has 0 radical (unpaired) electrons. The number of imide groups is 1. The zero-order chi connectivity index (χ0) is 23.1. The van der Waals surface area contributed by atoms with Gasteiger partial charge in [-0.2, -0.15) is 5.10 Å². The average Bonchev–Trinajstić information content (AvgIpc) is 3.43. The first-order valence-electron chi connectivity index (χ1n) is 11.1. The highest BCUT2D eigenvalue weighted by atomic mass is 16.2. The second-order valence-electron chi connectivity index (χ2n) is 8.29. The molecule has 0 saturated carbocycles. The fourth-order valence-corrected chi connectivity index (χ4v) is 4.52. The fourth-order valence-electron chi connectivity index (χ4n) is 4.52. The summed E-state index contributed by atoms with van der Waals surface area (Å²) in [6.45, 7) is 0.314. The Balaban J connectivity index is 1.41. The van der Waals surface area contributed by atoms with Crippen molar-refractivity contribution in [3.05, 3.63) is 108 Å². The Kier molecular flexibility index (Phi) is 4.77. The molecule has 0 unspecified atom stereocenters. The minimum absolute atomic E-state index is 0.301. The van der Waals surface area contributed by atoms with Crippen LogP contribution in [-0.2, 0) is 6.42 Å². The standard InChI is InChI=1S/C28H20N4O2/c33-27-22-17-29-26-24(23(22)28(34)32(27)15-14-18-8-3-1-4-9-18)25(30-31-26)21-13-7-12-20(16-21)19-10-5-2-6-11-19/h1-13,16-17H,14-15H2,(H,29,30,31). The van der Waals surface area contributed by atoms with Gasteiger partial charge in [-0.05, 0) is 29.2 Å². The molecule has 0 atom stereocenters. The van der Waals surface area contributed by atoms with Crippen LogP contribution in [0.3, 0.4) is 0 Å². The summed E-state index contributed by atoms with van der Waals surface area (Å²) >= 11 is 0. The second-order valence-corrected chi connectivity index (χ2v) is 8.29. The smallest absolute Gasteiger partial charge is 0.263 e. The van der Waals surface area contributed by atoms with E-state index in [1.54, 1.807) is 0 Å². The molecule has 3 heterocycles. The third-order valence-corrected chi connectivity index (χ3v) is 6.23. The van der Waals surface area contributed by atoms with Crippen molar-refractivity contribution in [3.63, 3.8) is 0 Å². The minimum Gasteiger partial charge on any atom is -0.274 e. The first-order valence-corrected chi connectivity index (χ1v) is 11.1. The number of carbonyl (C=O) groups is 2. The number of carbonyl (C=O) groups excluding carboxylic acids is 2. The maximum Gasteiger partial charge on any atom is 0.263 e. The number of hydrogen-bond acceptors (Lipinski definition) is 4. The van der Waals surface area contributed by atoms with Gasteiger partial charge in [0.15, 0.2) is 5.65 Å². The highest BCUT2D eigenvalue weighted by Gasteiger charge is 2.38. The van der Waals surface area contributed by atoms with Gasteiger partial charge in [-0.25, -0.2) is 4.98 Å². The third-order valence-electron chi connectivity index (χ3n) is 6.23. The maximum atomic E-state index is 13.4. The molecule has 2 amide bonds. The van der Waals surface area contributed by atoms with E-state index in [4.69, 9.17) is 0 Å². The van der Waals surface area contributed by atoms with Crippen molar-refractivity contribution in [1.82, 2.24) is 20.1 Å². The van der Waals surface area contributed by atoms with Crippen LogP contribution in [0.15, 0.2) is 91.1 Å². The van der Waals surface area contributed by atoms with Crippen LogP contribution in [-0.4, -0.2) is 38.4 Å². The third kappa shape index (κ3) is 3.28. The van der Waals surface area contributed by atoms with Crippen LogP contribution in [0.25, 0.3) is 33.4 Å². The molecule has 0 saturated heterocycles. The molecule has 3 aromatic carbocycles. The van der Waals surface area contributed by atoms with Crippen LogP contribution in [0.4, 0.5) is 0 Å². The summed E-state index contributed by atoms with van der Waals surface area (Å²) in [5.41, 5.74) is 5.86. The molecule has 164 valence electrons. The van der Waals surface area contributed by atoms with E-state index in [-0.39, 0.29) is 11.8 Å². The van der Waals surface area contributed by atoms with Gasteiger partial charge in [0.05, 0.1) is 16.5 Å². The molecule has 6 heteroatoms. The Morgan fingerprint density at radius 2 is 1.47 bits per heavy atom. The summed E-state index contributed by atoms with van der Waals surface area (Å²) in [4.78, 5) is 32.3. The number of rotatable bonds is 5. The topological polar surface area (TPSA) is 79.0 Å². The van der Waals surface area contributed by atoms with Crippen molar-refractivity contribution in [1.29, 1.82) is 0 Å². The molecular formula is C28H20N4O2. The molecule has 0 fully saturated rings. The molecule has 1 aliphatic heterocycles. The Labute approximate surface area is 195 Å². The zero-order valence-corrected chi connectivity index (χ0v) is 18.2. The van der Waals surface area contributed by atoms with E-state index >= 15 is 0 Å². The van der Waals surface area contributed by atoms with Gasteiger partial charge in [-0.3, -0.25) is 19.6 Å². The van der Waals surface area contributed by atoms with Crippen molar-refractivity contribution in [3.8, 4) is 22.4 Å². The lowest BCUT2D eigenvalue weighted by Crippen LogP contribution is -2.31. The Hall–Kier alpha value is -4.58. The molecule has 1 N–H and O–H groups in total. The minimum atomic E-state index is -0.310. The lowest BCUT2D eigenvalue weighted by molar-refractivity contribution is 0.0656. The van der Waals surface area contributed by atoms with Crippen LogP contribution >= 0.6 is 0 Å². The number of benzene rings is 3. The van der Waals surface area contributed by atoms with E-state index < -0.39 is 0 Å².